The molecule has 5 heterocycles. The summed E-state index contributed by atoms with van der Waals surface area (Å²) in [5.41, 5.74) is -0.150. The summed E-state index contributed by atoms with van der Waals surface area (Å²) in [5, 5.41) is 50.1. The van der Waals surface area contributed by atoms with Crippen LogP contribution in [0.15, 0.2) is 122 Å². The first-order chi connectivity index (χ1) is 21.5. The molecule has 0 saturated carbocycles. The van der Waals surface area contributed by atoms with Crippen molar-refractivity contribution in [2.45, 2.75) is 0 Å². The van der Waals surface area contributed by atoms with Crippen molar-refractivity contribution in [3.8, 4) is 0 Å². The predicted octanol–water partition coefficient (Wildman–Crippen LogP) is -2.78. The summed E-state index contributed by atoms with van der Waals surface area (Å²) >= 11 is 0. The molecule has 0 aliphatic rings. The normalized spacial score (nSPS) is 8.51. The second kappa shape index (κ2) is 25.6. The van der Waals surface area contributed by atoms with Gasteiger partial charge in [-0.2, -0.15) is 0 Å². The van der Waals surface area contributed by atoms with Crippen LogP contribution in [-0.4, -0.2) is 54.8 Å². The predicted molar refractivity (Wildman–Crippen MR) is 143 cm³/mol. The van der Waals surface area contributed by atoms with Gasteiger partial charge in [0.25, 0.3) is 0 Å². The van der Waals surface area contributed by atoms with E-state index in [0.29, 0.717) is 0 Å². The van der Waals surface area contributed by atoms with E-state index in [1.807, 2.05) is 0 Å². The van der Waals surface area contributed by atoms with Gasteiger partial charge >= 0.3 is 36.8 Å². The van der Waals surface area contributed by atoms with Gasteiger partial charge in [-0.05, 0) is 60.7 Å². The summed E-state index contributed by atoms with van der Waals surface area (Å²) in [4.78, 5) is 67.7. The molecule has 17 heteroatoms. The monoisotopic (exact) mass is 726 g/mol. The largest absolute Gasteiger partial charge is 3.00 e. The first kappa shape index (κ1) is 43.4. The number of nitrogens with zero attached hydrogens (tertiary/aromatic N) is 5. The maximum absolute atomic E-state index is 10.0. The Balaban J connectivity index is 0. The number of carbonyl (C=O) groups excluding carboxylic acids is 5. The number of carbonyl (C=O) groups is 5. The van der Waals surface area contributed by atoms with Gasteiger partial charge in [-0.15, -0.1) is 0 Å². The quantitative estimate of drug-likeness (QED) is 0.166. The van der Waals surface area contributed by atoms with Gasteiger partial charge in [-0.25, -0.2) is 0 Å². The molecule has 1 radical (unpaired) electrons. The van der Waals surface area contributed by atoms with E-state index in [0.717, 1.165) is 0 Å². The zero-order chi connectivity index (χ0) is 33.5. The molecule has 0 unspecified atom stereocenters. The van der Waals surface area contributed by atoms with Crippen molar-refractivity contribution in [3.05, 3.63) is 150 Å². The molecule has 0 aliphatic carbocycles. The zero-order valence-electron chi connectivity index (χ0n) is 24.0. The van der Waals surface area contributed by atoms with Crippen LogP contribution in [0.3, 0.4) is 0 Å². The molecule has 15 nitrogen and oxygen atoms in total. The van der Waals surface area contributed by atoms with E-state index in [1.54, 1.807) is 60.7 Å². The van der Waals surface area contributed by atoms with Gasteiger partial charge in [0.1, 0.15) is 0 Å². The van der Waals surface area contributed by atoms with E-state index < -0.39 is 29.8 Å². The Morgan fingerprint density at radius 2 is 0.489 bits per heavy atom. The molecule has 0 bridgehead atoms. The van der Waals surface area contributed by atoms with Crippen molar-refractivity contribution in [1.29, 1.82) is 0 Å². The molecule has 47 heavy (non-hydrogen) atoms. The van der Waals surface area contributed by atoms with Crippen molar-refractivity contribution in [3.63, 3.8) is 0 Å². The third-order valence-corrected chi connectivity index (χ3v) is 4.37. The van der Waals surface area contributed by atoms with Crippen LogP contribution in [-0.2, 0) is 36.8 Å². The SMILES string of the molecule is O=C([O-])c1ccccn1.O=C([O-])c1ccccn1.O=C([O-])c1ccccn1.O=C([O-])c1ccccn1.O=C([O-])c1ccccn1.[Cr+3].[Zn+2]. The molecule has 0 amide bonds. The van der Waals surface area contributed by atoms with Crippen LogP contribution < -0.4 is 25.5 Å². The summed E-state index contributed by atoms with van der Waals surface area (Å²) < 4.78 is 0. The first-order valence-electron chi connectivity index (χ1n) is 12.1. The van der Waals surface area contributed by atoms with E-state index in [9.17, 15) is 49.5 Å². The van der Waals surface area contributed by atoms with Crippen LogP contribution in [0.4, 0.5) is 0 Å². The minimum absolute atomic E-state index is 0. The van der Waals surface area contributed by atoms with Crippen molar-refractivity contribution in [2.75, 3.05) is 0 Å². The van der Waals surface area contributed by atoms with Crippen molar-refractivity contribution in [2.24, 2.45) is 0 Å². The topological polar surface area (TPSA) is 265 Å². The molecular weight excluding hydrogens is 708 g/mol. The molecule has 5 rings (SSSR count). The van der Waals surface area contributed by atoms with E-state index in [4.69, 9.17) is 0 Å². The van der Waals surface area contributed by atoms with Gasteiger partial charge in [-0.3, -0.25) is 24.9 Å². The summed E-state index contributed by atoms with van der Waals surface area (Å²) in [6.07, 6.45) is 7.04. The molecule has 0 fully saturated rings. The summed E-state index contributed by atoms with van der Waals surface area (Å²) in [6.45, 7) is 0. The Labute approximate surface area is 290 Å². The Kier molecular flexibility index (Phi) is 23.6. The Bertz CT molecular complexity index is 1340. The van der Waals surface area contributed by atoms with Crippen LogP contribution in [0.25, 0.3) is 0 Å². The van der Waals surface area contributed by atoms with Crippen molar-refractivity contribution in [1.82, 2.24) is 24.9 Å². The van der Waals surface area contributed by atoms with Gasteiger partial charge in [-0.1, -0.05) is 30.3 Å². The van der Waals surface area contributed by atoms with Crippen LogP contribution in [0, 0.1) is 0 Å². The maximum Gasteiger partial charge on any atom is 3.00 e. The molecule has 0 aliphatic heterocycles. The van der Waals surface area contributed by atoms with Gasteiger partial charge in [0, 0.05) is 31.0 Å². The molecule has 0 spiro atoms. The number of pyridine rings is 5. The second-order valence-electron chi connectivity index (χ2n) is 7.51. The van der Waals surface area contributed by atoms with Crippen LogP contribution in [0.2, 0.25) is 0 Å². The number of carboxylic acids is 5. The molecule has 5 aromatic heterocycles. The van der Waals surface area contributed by atoms with Crippen LogP contribution in [0.1, 0.15) is 52.4 Å². The summed E-state index contributed by atoms with van der Waals surface area (Å²) in [5.74, 6) is -6.20. The fraction of sp³-hybridized carbons (Fsp3) is 0. The molecule has 0 aromatic carbocycles. The van der Waals surface area contributed by atoms with Gasteiger partial charge in [0.2, 0.25) is 0 Å². The molecule has 5 aromatic rings. The summed E-state index contributed by atoms with van der Waals surface area (Å²) in [6, 6.07) is 23.1. The third kappa shape index (κ3) is 20.0. The maximum atomic E-state index is 10.0. The Hall–Kier alpha value is -5.74. The van der Waals surface area contributed by atoms with E-state index >= 15 is 0 Å². The van der Waals surface area contributed by atoms with Gasteiger partial charge in [0.15, 0.2) is 0 Å². The number of rotatable bonds is 5. The third-order valence-electron chi connectivity index (χ3n) is 4.37. The average Bonchev–Trinajstić information content (AvgIpc) is 3.08. The number of hydrogen-bond acceptors (Lipinski definition) is 15. The smallest absolute Gasteiger partial charge is 0.543 e. The molecule has 233 valence electrons. The number of carboxylic acid groups (broad SMARTS) is 5. The minimum Gasteiger partial charge on any atom is -0.543 e. The van der Waals surface area contributed by atoms with Gasteiger partial charge in [0.05, 0.1) is 58.3 Å². The average molecular weight is 728 g/mol. The Morgan fingerprint density at radius 1 is 0.340 bits per heavy atom. The molecule has 0 atom stereocenters. The van der Waals surface area contributed by atoms with Crippen LogP contribution in [0.5, 0.6) is 0 Å². The fourth-order valence-corrected chi connectivity index (χ4v) is 2.42. The zero-order valence-corrected chi connectivity index (χ0v) is 28.2. The summed E-state index contributed by atoms with van der Waals surface area (Å²) in [7, 11) is 0. The van der Waals surface area contributed by atoms with Crippen molar-refractivity contribution >= 4 is 29.8 Å². The molecule has 0 saturated heterocycles. The van der Waals surface area contributed by atoms with Gasteiger partial charge < -0.3 is 49.5 Å². The molecule has 0 N–H and O–H groups in total. The number of aromatic carboxylic acids is 5. The second-order valence-corrected chi connectivity index (χ2v) is 7.51. The minimum atomic E-state index is -1.24. The fourth-order valence-electron chi connectivity index (χ4n) is 2.42. The standard InChI is InChI=1S/5C6H5NO2.Cr.Zn/c5*8-6(9)5-3-1-2-4-7-5;;/h5*1-4H,(H,8,9);;/q;;;;;+3;+2/p-5. The Morgan fingerprint density at radius 3 is 0.553 bits per heavy atom. The number of aromatic nitrogens is 5. The van der Waals surface area contributed by atoms with E-state index in [1.165, 1.54) is 61.3 Å². The first-order valence-corrected chi connectivity index (χ1v) is 12.1. The molecular formula is C30H20CrN5O10Zn. The van der Waals surface area contributed by atoms with E-state index in [2.05, 4.69) is 24.9 Å². The number of hydrogen-bond donors (Lipinski definition) is 0. The van der Waals surface area contributed by atoms with Crippen molar-refractivity contribution < 1.29 is 86.3 Å². The van der Waals surface area contributed by atoms with Crippen LogP contribution >= 0.6 is 0 Å². The van der Waals surface area contributed by atoms with E-state index in [-0.39, 0.29) is 65.3 Å².